The highest BCUT2D eigenvalue weighted by atomic mass is 16.5. The predicted octanol–water partition coefficient (Wildman–Crippen LogP) is 3.79. The Labute approximate surface area is 122 Å². The Morgan fingerprint density at radius 3 is 2.70 bits per heavy atom. The van der Waals surface area contributed by atoms with E-state index < -0.39 is 0 Å². The van der Waals surface area contributed by atoms with Crippen LogP contribution in [0.25, 0.3) is 0 Å². The lowest BCUT2D eigenvalue weighted by molar-refractivity contribution is 0.272. The summed E-state index contributed by atoms with van der Waals surface area (Å²) < 4.78 is 11.3. The van der Waals surface area contributed by atoms with E-state index in [9.17, 15) is 0 Å². The monoisotopic (exact) mass is 277 g/mol. The summed E-state index contributed by atoms with van der Waals surface area (Å²) in [7, 11) is 1.71. The molecule has 2 rings (SSSR count). The minimum atomic E-state index is 0.448. The Morgan fingerprint density at radius 1 is 1.30 bits per heavy atom. The zero-order valence-corrected chi connectivity index (χ0v) is 13.1. The summed E-state index contributed by atoms with van der Waals surface area (Å²) >= 11 is 0. The van der Waals surface area contributed by atoms with Gasteiger partial charge in [0.05, 0.1) is 13.7 Å². The molecule has 0 radical (unpaired) electrons. The van der Waals surface area contributed by atoms with E-state index >= 15 is 0 Å². The van der Waals surface area contributed by atoms with Crippen LogP contribution in [0.5, 0.6) is 11.5 Å². The Balaban J connectivity index is 2.03. The van der Waals surface area contributed by atoms with Crippen LogP contribution >= 0.6 is 0 Å². The summed E-state index contributed by atoms with van der Waals surface area (Å²) in [4.78, 5) is 0. The molecule has 1 aromatic carbocycles. The quantitative estimate of drug-likeness (QED) is 0.858. The fourth-order valence-electron chi connectivity index (χ4n) is 2.59. The van der Waals surface area contributed by atoms with E-state index in [1.165, 1.54) is 12.0 Å². The van der Waals surface area contributed by atoms with Crippen molar-refractivity contribution < 1.29 is 9.47 Å². The summed E-state index contributed by atoms with van der Waals surface area (Å²) in [6.45, 7) is 8.53. The zero-order valence-electron chi connectivity index (χ0n) is 13.1. The fraction of sp³-hybridized carbons (Fsp3) is 0.647. The van der Waals surface area contributed by atoms with Gasteiger partial charge in [-0.05, 0) is 48.9 Å². The van der Waals surface area contributed by atoms with Gasteiger partial charge in [-0.1, -0.05) is 26.8 Å². The van der Waals surface area contributed by atoms with Crippen LogP contribution in [0, 0.1) is 11.8 Å². The first-order chi connectivity index (χ1) is 9.60. The van der Waals surface area contributed by atoms with Crippen molar-refractivity contribution in [2.75, 3.05) is 20.3 Å². The van der Waals surface area contributed by atoms with Gasteiger partial charge in [-0.15, -0.1) is 0 Å². The van der Waals surface area contributed by atoms with E-state index in [1.54, 1.807) is 7.11 Å². The van der Waals surface area contributed by atoms with Crippen LogP contribution in [0.4, 0.5) is 0 Å². The summed E-state index contributed by atoms with van der Waals surface area (Å²) in [5, 5.41) is 3.56. The molecule has 1 saturated heterocycles. The van der Waals surface area contributed by atoms with Crippen molar-refractivity contribution in [2.24, 2.45) is 11.8 Å². The van der Waals surface area contributed by atoms with Crippen molar-refractivity contribution in [1.82, 2.24) is 5.32 Å². The van der Waals surface area contributed by atoms with E-state index in [-0.39, 0.29) is 0 Å². The number of hydrogen-bond acceptors (Lipinski definition) is 3. The van der Waals surface area contributed by atoms with Crippen LogP contribution < -0.4 is 14.8 Å². The lowest BCUT2D eigenvalue weighted by Crippen LogP contribution is -2.13. The molecule has 3 nitrogen and oxygen atoms in total. The molecule has 0 saturated carbocycles. The number of nitrogens with one attached hydrogen (secondary N) is 1. The number of methoxy groups -OCH3 is 1. The highest BCUT2D eigenvalue weighted by Crippen LogP contribution is 2.34. The Kier molecular flexibility index (Phi) is 5.30. The molecule has 0 amide bonds. The third-order valence-electron chi connectivity index (χ3n) is 3.89. The topological polar surface area (TPSA) is 30.5 Å². The number of ether oxygens (including phenoxy) is 2. The molecule has 1 aromatic rings. The van der Waals surface area contributed by atoms with Gasteiger partial charge in [0, 0.05) is 6.04 Å². The molecule has 1 fully saturated rings. The highest BCUT2D eigenvalue weighted by molar-refractivity contribution is 5.44. The molecular weight excluding hydrogens is 250 g/mol. The second kappa shape index (κ2) is 6.98. The van der Waals surface area contributed by atoms with Gasteiger partial charge in [0.15, 0.2) is 11.5 Å². The van der Waals surface area contributed by atoms with Gasteiger partial charge >= 0.3 is 0 Å². The molecule has 1 N–H and O–H groups in total. The molecule has 1 aliphatic rings. The second-order valence-electron chi connectivity index (χ2n) is 6.24. The SMILES string of the molecule is COc1cc(C2CC(C)CN2)ccc1OCCC(C)C. The van der Waals surface area contributed by atoms with E-state index in [0.29, 0.717) is 12.0 Å². The van der Waals surface area contributed by atoms with E-state index in [4.69, 9.17) is 9.47 Å². The van der Waals surface area contributed by atoms with Gasteiger partial charge < -0.3 is 14.8 Å². The maximum atomic E-state index is 5.83. The third kappa shape index (κ3) is 3.89. The molecule has 3 heteroatoms. The van der Waals surface area contributed by atoms with Gasteiger partial charge in [-0.2, -0.15) is 0 Å². The smallest absolute Gasteiger partial charge is 0.161 e. The first-order valence-corrected chi connectivity index (χ1v) is 7.64. The molecule has 112 valence electrons. The lowest BCUT2D eigenvalue weighted by atomic mass is 10.0. The Morgan fingerprint density at radius 2 is 2.10 bits per heavy atom. The van der Waals surface area contributed by atoms with Gasteiger partial charge in [-0.3, -0.25) is 0 Å². The van der Waals surface area contributed by atoms with Crippen LogP contribution in [0.3, 0.4) is 0 Å². The maximum Gasteiger partial charge on any atom is 0.161 e. The molecule has 0 aromatic heterocycles. The molecular formula is C17H27NO2. The van der Waals surface area contributed by atoms with E-state index in [1.807, 2.05) is 6.07 Å². The predicted molar refractivity (Wildman–Crippen MR) is 82.5 cm³/mol. The number of benzene rings is 1. The van der Waals surface area contributed by atoms with Gasteiger partial charge in [0.25, 0.3) is 0 Å². The highest BCUT2D eigenvalue weighted by Gasteiger charge is 2.22. The molecule has 2 unspecified atom stereocenters. The zero-order chi connectivity index (χ0) is 14.5. The number of rotatable bonds is 6. The van der Waals surface area contributed by atoms with Crippen molar-refractivity contribution >= 4 is 0 Å². The average molecular weight is 277 g/mol. The Bertz CT molecular complexity index is 431. The van der Waals surface area contributed by atoms with Crippen LogP contribution in [0.15, 0.2) is 18.2 Å². The van der Waals surface area contributed by atoms with Crippen LogP contribution in [0.2, 0.25) is 0 Å². The normalized spacial score (nSPS) is 22.2. The van der Waals surface area contributed by atoms with Gasteiger partial charge in [0.1, 0.15) is 0 Å². The number of hydrogen-bond donors (Lipinski definition) is 1. The Hall–Kier alpha value is -1.22. The summed E-state index contributed by atoms with van der Waals surface area (Å²) in [6.07, 6.45) is 2.25. The van der Waals surface area contributed by atoms with Crippen LogP contribution in [0.1, 0.15) is 45.2 Å². The first kappa shape index (κ1) is 15.2. The van der Waals surface area contributed by atoms with Crippen LogP contribution in [-0.4, -0.2) is 20.3 Å². The summed E-state index contributed by atoms with van der Waals surface area (Å²) in [5.74, 6) is 3.09. The molecule has 1 heterocycles. The van der Waals surface area contributed by atoms with Crippen LogP contribution in [-0.2, 0) is 0 Å². The standard InChI is InChI=1S/C17H27NO2/c1-12(2)7-8-20-16-6-5-14(10-17(16)19-4)15-9-13(3)11-18-15/h5-6,10,12-13,15,18H,7-9,11H2,1-4H3. The molecule has 0 bridgehead atoms. The van der Waals surface area contributed by atoms with Crippen molar-refractivity contribution in [1.29, 1.82) is 0 Å². The van der Waals surface area contributed by atoms with Crippen molar-refractivity contribution in [3.05, 3.63) is 23.8 Å². The van der Waals surface area contributed by atoms with Gasteiger partial charge in [-0.25, -0.2) is 0 Å². The fourth-order valence-corrected chi connectivity index (χ4v) is 2.59. The largest absolute Gasteiger partial charge is 0.493 e. The average Bonchev–Trinajstić information content (AvgIpc) is 2.85. The molecule has 0 spiro atoms. The second-order valence-corrected chi connectivity index (χ2v) is 6.24. The molecule has 1 aliphatic heterocycles. The van der Waals surface area contributed by atoms with E-state index in [0.717, 1.165) is 37.0 Å². The van der Waals surface area contributed by atoms with E-state index in [2.05, 4.69) is 38.2 Å². The lowest BCUT2D eigenvalue weighted by Gasteiger charge is -2.16. The molecule has 20 heavy (non-hydrogen) atoms. The first-order valence-electron chi connectivity index (χ1n) is 7.64. The minimum absolute atomic E-state index is 0.448. The molecule has 0 aliphatic carbocycles. The van der Waals surface area contributed by atoms with Crippen molar-refractivity contribution in [3.63, 3.8) is 0 Å². The van der Waals surface area contributed by atoms with Crippen molar-refractivity contribution in [3.8, 4) is 11.5 Å². The maximum absolute atomic E-state index is 5.83. The van der Waals surface area contributed by atoms with Gasteiger partial charge in [0.2, 0.25) is 0 Å². The molecule has 2 atom stereocenters. The van der Waals surface area contributed by atoms with Crippen molar-refractivity contribution in [2.45, 2.75) is 39.7 Å². The minimum Gasteiger partial charge on any atom is -0.493 e. The third-order valence-corrected chi connectivity index (χ3v) is 3.89. The summed E-state index contributed by atoms with van der Waals surface area (Å²) in [5.41, 5.74) is 1.29. The summed E-state index contributed by atoms with van der Waals surface area (Å²) in [6, 6.07) is 6.76.